The number of hydrogen-bond acceptors (Lipinski definition) is 4. The minimum Gasteiger partial charge on any atom is -0.508 e. The Morgan fingerprint density at radius 3 is 2.52 bits per heavy atom. The Hall–Kier alpha value is -3.47. The number of hydrogen-bond donors (Lipinski definition) is 3. The molecule has 4 aromatic rings. The van der Waals surface area contributed by atoms with Gasteiger partial charge in [-0.2, -0.15) is 0 Å². The van der Waals surface area contributed by atoms with E-state index in [1.165, 1.54) is 12.1 Å². The summed E-state index contributed by atoms with van der Waals surface area (Å²) in [6, 6.07) is 15.6. The van der Waals surface area contributed by atoms with Gasteiger partial charge < -0.3 is 19.7 Å². The topological polar surface area (TPSA) is 90.9 Å². The Morgan fingerprint density at radius 2 is 1.72 bits per heavy atom. The number of para-hydroxylation sites is 2. The molecule has 0 saturated carbocycles. The minimum atomic E-state index is -1.05. The van der Waals surface area contributed by atoms with Crippen molar-refractivity contribution in [2.24, 2.45) is 0 Å². The second-order valence-corrected chi connectivity index (χ2v) is 5.85. The Labute approximate surface area is 142 Å². The number of carbonyl (C=O) groups is 1. The molecule has 3 aromatic carbocycles. The quantitative estimate of drug-likeness (QED) is 0.520. The first-order chi connectivity index (χ1) is 12.0. The van der Waals surface area contributed by atoms with E-state index in [1.807, 2.05) is 36.4 Å². The average molecular weight is 334 g/mol. The summed E-state index contributed by atoms with van der Waals surface area (Å²) in [5.74, 6) is -1.43. The highest BCUT2D eigenvalue weighted by Crippen LogP contribution is 2.42. The van der Waals surface area contributed by atoms with Crippen LogP contribution < -0.4 is 0 Å². The van der Waals surface area contributed by atoms with Crippen molar-refractivity contribution in [1.29, 1.82) is 0 Å². The Balaban J connectivity index is 2.07. The molecule has 0 fully saturated rings. The zero-order valence-electron chi connectivity index (χ0n) is 13.1. The van der Waals surface area contributed by atoms with Crippen molar-refractivity contribution in [3.8, 4) is 22.6 Å². The number of carboxylic acid groups (broad SMARTS) is 1. The van der Waals surface area contributed by atoms with Crippen molar-refractivity contribution in [1.82, 2.24) is 0 Å². The number of aromatic hydroxyl groups is 2. The van der Waals surface area contributed by atoms with E-state index >= 15 is 0 Å². The summed E-state index contributed by atoms with van der Waals surface area (Å²) in [6.07, 6.45) is -0.325. The molecule has 0 aliphatic carbocycles. The maximum atomic E-state index is 11.2. The molecular formula is C20H14O5. The lowest BCUT2D eigenvalue weighted by Gasteiger charge is -2.12. The number of rotatable bonds is 3. The number of benzene rings is 3. The van der Waals surface area contributed by atoms with Gasteiger partial charge in [0.05, 0.1) is 6.42 Å². The summed E-state index contributed by atoms with van der Waals surface area (Å²) >= 11 is 0. The highest BCUT2D eigenvalue weighted by Gasteiger charge is 2.19. The fourth-order valence-electron chi connectivity index (χ4n) is 3.23. The van der Waals surface area contributed by atoms with Crippen molar-refractivity contribution >= 4 is 27.9 Å². The summed E-state index contributed by atoms with van der Waals surface area (Å²) in [7, 11) is 0. The molecule has 5 nitrogen and oxygen atoms in total. The van der Waals surface area contributed by atoms with E-state index < -0.39 is 5.97 Å². The molecule has 3 N–H and O–H groups in total. The molecule has 0 atom stereocenters. The fourth-order valence-corrected chi connectivity index (χ4v) is 3.23. The van der Waals surface area contributed by atoms with Crippen molar-refractivity contribution in [3.63, 3.8) is 0 Å². The number of phenols is 2. The van der Waals surface area contributed by atoms with Gasteiger partial charge in [0, 0.05) is 28.0 Å². The molecule has 1 aromatic heterocycles. The van der Waals surface area contributed by atoms with Gasteiger partial charge in [0.2, 0.25) is 0 Å². The van der Waals surface area contributed by atoms with E-state index in [0.717, 1.165) is 10.8 Å². The molecule has 1 heterocycles. The molecule has 124 valence electrons. The summed E-state index contributed by atoms with van der Waals surface area (Å²) in [6.45, 7) is 0. The molecule has 0 spiro atoms. The molecule has 0 aliphatic rings. The van der Waals surface area contributed by atoms with Gasteiger partial charge in [0.1, 0.15) is 22.7 Å². The van der Waals surface area contributed by atoms with Gasteiger partial charge in [0.15, 0.2) is 0 Å². The van der Waals surface area contributed by atoms with Gasteiger partial charge in [-0.1, -0.05) is 36.4 Å². The SMILES string of the molecule is O=C(O)Cc1cc(O)cc(O)c1-c1cccc2c1oc1ccccc12. The lowest BCUT2D eigenvalue weighted by Crippen LogP contribution is -2.02. The first-order valence-electron chi connectivity index (χ1n) is 7.72. The second kappa shape index (κ2) is 5.56. The largest absolute Gasteiger partial charge is 0.508 e. The third-order valence-corrected chi connectivity index (χ3v) is 4.20. The second-order valence-electron chi connectivity index (χ2n) is 5.85. The van der Waals surface area contributed by atoms with Crippen LogP contribution in [0.3, 0.4) is 0 Å². The van der Waals surface area contributed by atoms with E-state index in [2.05, 4.69) is 0 Å². The predicted octanol–water partition coefficient (Wildman–Crippen LogP) is 4.29. The molecule has 0 aliphatic heterocycles. The molecule has 0 amide bonds. The van der Waals surface area contributed by atoms with Crippen molar-refractivity contribution in [2.45, 2.75) is 6.42 Å². The van der Waals surface area contributed by atoms with Crippen molar-refractivity contribution in [2.75, 3.05) is 0 Å². The van der Waals surface area contributed by atoms with Crippen LogP contribution in [0.5, 0.6) is 11.5 Å². The molecule has 25 heavy (non-hydrogen) atoms. The molecule has 4 rings (SSSR count). The van der Waals surface area contributed by atoms with Crippen LogP contribution in [-0.2, 0) is 11.2 Å². The molecule has 0 radical (unpaired) electrons. The van der Waals surface area contributed by atoms with E-state index in [0.29, 0.717) is 27.9 Å². The van der Waals surface area contributed by atoms with Gasteiger partial charge in [-0.15, -0.1) is 0 Å². The van der Waals surface area contributed by atoms with Crippen LogP contribution in [-0.4, -0.2) is 21.3 Å². The number of phenolic OH excluding ortho intramolecular Hbond substituents is 2. The molecule has 0 saturated heterocycles. The zero-order valence-corrected chi connectivity index (χ0v) is 13.1. The lowest BCUT2D eigenvalue weighted by atomic mass is 9.94. The van der Waals surface area contributed by atoms with Gasteiger partial charge >= 0.3 is 5.97 Å². The van der Waals surface area contributed by atoms with E-state index in [-0.39, 0.29) is 17.9 Å². The first-order valence-corrected chi connectivity index (χ1v) is 7.72. The number of furan rings is 1. The third kappa shape index (κ3) is 2.46. The monoisotopic (exact) mass is 334 g/mol. The maximum absolute atomic E-state index is 11.2. The van der Waals surface area contributed by atoms with Crippen LogP contribution in [0.25, 0.3) is 33.1 Å². The summed E-state index contributed by atoms with van der Waals surface area (Å²) in [4.78, 5) is 11.2. The molecule has 0 bridgehead atoms. The van der Waals surface area contributed by atoms with E-state index in [9.17, 15) is 15.0 Å². The third-order valence-electron chi connectivity index (χ3n) is 4.20. The molecular weight excluding hydrogens is 320 g/mol. The Kier molecular flexibility index (Phi) is 3.35. The van der Waals surface area contributed by atoms with Crippen molar-refractivity contribution < 1.29 is 24.5 Å². The fraction of sp³-hybridized carbons (Fsp3) is 0.0500. The maximum Gasteiger partial charge on any atom is 0.307 e. The highest BCUT2D eigenvalue weighted by atomic mass is 16.4. The zero-order chi connectivity index (χ0) is 17.6. The standard InChI is InChI=1S/C20H14O5/c21-12-8-11(9-18(23)24)19(16(22)10-12)15-6-3-5-14-13-4-1-2-7-17(13)25-20(14)15/h1-8,10,21-22H,9H2,(H,23,24). The van der Waals surface area contributed by atoms with Crippen LogP contribution in [0.4, 0.5) is 0 Å². The first kappa shape index (κ1) is 15.1. The van der Waals surface area contributed by atoms with Crippen LogP contribution in [0.1, 0.15) is 5.56 Å². The molecule has 0 unspecified atom stereocenters. The summed E-state index contributed by atoms with van der Waals surface area (Å²) < 4.78 is 5.96. The van der Waals surface area contributed by atoms with Crippen LogP contribution in [0.15, 0.2) is 59.0 Å². The Bertz CT molecular complexity index is 1120. The summed E-state index contributed by atoms with van der Waals surface area (Å²) in [5, 5.41) is 31.1. The van der Waals surface area contributed by atoms with Crippen LogP contribution in [0.2, 0.25) is 0 Å². The highest BCUT2D eigenvalue weighted by molar-refractivity contribution is 6.10. The smallest absolute Gasteiger partial charge is 0.307 e. The van der Waals surface area contributed by atoms with E-state index in [4.69, 9.17) is 9.52 Å². The minimum absolute atomic E-state index is 0.186. The number of fused-ring (bicyclic) bond motifs is 3. The Morgan fingerprint density at radius 1 is 0.960 bits per heavy atom. The predicted molar refractivity (Wildman–Crippen MR) is 93.8 cm³/mol. The van der Waals surface area contributed by atoms with Gasteiger partial charge in [-0.25, -0.2) is 0 Å². The van der Waals surface area contributed by atoms with Gasteiger partial charge in [-0.05, 0) is 17.7 Å². The average Bonchev–Trinajstić information content (AvgIpc) is 2.93. The van der Waals surface area contributed by atoms with Crippen molar-refractivity contribution in [3.05, 3.63) is 60.2 Å². The number of carboxylic acids is 1. The lowest BCUT2D eigenvalue weighted by molar-refractivity contribution is -0.136. The molecule has 5 heteroatoms. The van der Waals surface area contributed by atoms with Gasteiger partial charge in [-0.3, -0.25) is 4.79 Å². The normalized spacial score (nSPS) is 11.2. The van der Waals surface area contributed by atoms with Gasteiger partial charge in [0.25, 0.3) is 0 Å². The number of aliphatic carboxylic acids is 1. The van der Waals surface area contributed by atoms with E-state index in [1.54, 1.807) is 6.07 Å². The van der Waals surface area contributed by atoms with Crippen LogP contribution >= 0.6 is 0 Å². The van der Waals surface area contributed by atoms with Crippen LogP contribution in [0, 0.1) is 0 Å². The summed E-state index contributed by atoms with van der Waals surface area (Å²) in [5.41, 5.74) is 2.53.